The molecule has 98 valence electrons. The van der Waals surface area contributed by atoms with Crippen LogP contribution >= 0.6 is 15.9 Å². The number of hydrogen-bond acceptors (Lipinski definition) is 1. The summed E-state index contributed by atoms with van der Waals surface area (Å²) in [5.74, 6) is 0.957. The van der Waals surface area contributed by atoms with E-state index in [1.54, 1.807) is 0 Å². The van der Waals surface area contributed by atoms with E-state index in [1.807, 2.05) is 43.3 Å². The number of amidine groups is 1. The lowest BCUT2D eigenvalue weighted by atomic mass is 10.1. The van der Waals surface area contributed by atoms with E-state index in [9.17, 15) is 0 Å². The van der Waals surface area contributed by atoms with Gasteiger partial charge in [-0.1, -0.05) is 51.8 Å². The van der Waals surface area contributed by atoms with Crippen molar-refractivity contribution in [1.82, 2.24) is 4.90 Å². The van der Waals surface area contributed by atoms with Crippen LogP contribution in [0.4, 0.5) is 5.69 Å². The molecule has 2 aromatic carbocycles. The van der Waals surface area contributed by atoms with Crippen LogP contribution in [-0.4, -0.2) is 24.8 Å². The highest BCUT2D eigenvalue weighted by molar-refractivity contribution is 9.10. The molecule has 0 amide bonds. The Bertz CT molecular complexity index is 586. The topological polar surface area (TPSA) is 15.6 Å². The third kappa shape index (κ3) is 3.67. The molecule has 0 fully saturated rings. The van der Waals surface area contributed by atoms with E-state index in [1.165, 1.54) is 5.56 Å². The summed E-state index contributed by atoms with van der Waals surface area (Å²) in [4.78, 5) is 6.76. The lowest BCUT2D eigenvalue weighted by molar-refractivity contribution is 0.624. The maximum Gasteiger partial charge on any atom is 0.136 e. The largest absolute Gasteiger partial charge is 0.362 e. The second kappa shape index (κ2) is 6.02. The summed E-state index contributed by atoms with van der Waals surface area (Å²) >= 11 is 3.47. The molecular weight excluding hydrogens is 300 g/mol. The molecule has 19 heavy (non-hydrogen) atoms. The quantitative estimate of drug-likeness (QED) is 0.592. The molecule has 0 saturated heterocycles. The van der Waals surface area contributed by atoms with Crippen molar-refractivity contribution in [2.75, 3.05) is 14.1 Å². The van der Waals surface area contributed by atoms with Crippen molar-refractivity contribution >= 4 is 27.5 Å². The Morgan fingerprint density at radius 3 is 2.32 bits per heavy atom. The standard InChI is InChI=1S/C16H17BrN2/c1-12-7-9-13(10-8-12)16(19(2)3)18-15-6-4-5-14(17)11-15/h4-11H,1-3H3. The Morgan fingerprint density at radius 1 is 1.05 bits per heavy atom. The molecule has 0 spiro atoms. The SMILES string of the molecule is Cc1ccc(C(=Nc2cccc(Br)c2)N(C)C)cc1. The van der Waals surface area contributed by atoms with Crippen molar-refractivity contribution in [2.45, 2.75) is 6.92 Å². The van der Waals surface area contributed by atoms with Crippen molar-refractivity contribution in [3.8, 4) is 0 Å². The number of benzene rings is 2. The average Bonchev–Trinajstić information content (AvgIpc) is 2.37. The van der Waals surface area contributed by atoms with Crippen LogP contribution < -0.4 is 0 Å². The Labute approximate surface area is 122 Å². The van der Waals surface area contributed by atoms with Gasteiger partial charge in [-0.2, -0.15) is 0 Å². The van der Waals surface area contributed by atoms with Gasteiger partial charge in [0.15, 0.2) is 0 Å². The fraction of sp³-hybridized carbons (Fsp3) is 0.188. The molecule has 0 heterocycles. The summed E-state index contributed by atoms with van der Waals surface area (Å²) in [6.07, 6.45) is 0. The number of nitrogens with zero attached hydrogens (tertiary/aromatic N) is 2. The fourth-order valence-corrected chi connectivity index (χ4v) is 2.18. The molecule has 2 aromatic rings. The van der Waals surface area contributed by atoms with Crippen LogP contribution in [0.2, 0.25) is 0 Å². The van der Waals surface area contributed by atoms with Gasteiger partial charge in [0.1, 0.15) is 5.84 Å². The first kappa shape index (κ1) is 13.8. The van der Waals surface area contributed by atoms with Gasteiger partial charge in [0.2, 0.25) is 0 Å². The molecule has 3 heteroatoms. The maximum atomic E-state index is 4.73. The van der Waals surface area contributed by atoms with Gasteiger partial charge in [0.25, 0.3) is 0 Å². The van der Waals surface area contributed by atoms with Crippen LogP contribution in [-0.2, 0) is 0 Å². The molecule has 0 radical (unpaired) electrons. The summed E-state index contributed by atoms with van der Waals surface area (Å²) < 4.78 is 1.04. The number of aryl methyl sites for hydroxylation is 1. The van der Waals surface area contributed by atoms with Crippen LogP contribution in [0.5, 0.6) is 0 Å². The molecule has 0 saturated carbocycles. The number of halogens is 1. The van der Waals surface area contributed by atoms with Crippen LogP contribution in [0.3, 0.4) is 0 Å². The first-order valence-corrected chi connectivity index (χ1v) is 6.94. The summed E-state index contributed by atoms with van der Waals surface area (Å²) in [5.41, 5.74) is 3.32. The fourth-order valence-electron chi connectivity index (χ4n) is 1.79. The monoisotopic (exact) mass is 316 g/mol. The van der Waals surface area contributed by atoms with Crippen molar-refractivity contribution in [2.24, 2.45) is 4.99 Å². The van der Waals surface area contributed by atoms with Crippen molar-refractivity contribution in [1.29, 1.82) is 0 Å². The molecule has 2 rings (SSSR count). The average molecular weight is 317 g/mol. The highest BCUT2D eigenvalue weighted by Gasteiger charge is 2.06. The van der Waals surface area contributed by atoms with Crippen LogP contribution in [0.1, 0.15) is 11.1 Å². The Hall–Kier alpha value is -1.61. The molecular formula is C16H17BrN2. The van der Waals surface area contributed by atoms with Crippen LogP contribution in [0.25, 0.3) is 0 Å². The van der Waals surface area contributed by atoms with Crippen LogP contribution in [0.15, 0.2) is 58.0 Å². The van der Waals surface area contributed by atoms with Gasteiger partial charge in [0.05, 0.1) is 5.69 Å². The first-order chi connectivity index (χ1) is 9.06. The lowest BCUT2D eigenvalue weighted by Gasteiger charge is -2.16. The van der Waals surface area contributed by atoms with Gasteiger partial charge in [-0.25, -0.2) is 4.99 Å². The zero-order chi connectivity index (χ0) is 13.8. The van der Waals surface area contributed by atoms with Crippen molar-refractivity contribution in [3.05, 3.63) is 64.1 Å². The predicted molar refractivity (Wildman–Crippen MR) is 85.2 cm³/mol. The Kier molecular flexibility index (Phi) is 4.38. The smallest absolute Gasteiger partial charge is 0.136 e. The molecule has 0 unspecified atom stereocenters. The molecule has 0 aliphatic heterocycles. The van der Waals surface area contributed by atoms with E-state index >= 15 is 0 Å². The predicted octanol–water partition coefficient (Wildman–Crippen LogP) is 4.40. The summed E-state index contributed by atoms with van der Waals surface area (Å²) in [6, 6.07) is 16.4. The van der Waals surface area contributed by atoms with E-state index in [0.29, 0.717) is 0 Å². The minimum Gasteiger partial charge on any atom is -0.362 e. The first-order valence-electron chi connectivity index (χ1n) is 6.15. The maximum absolute atomic E-state index is 4.73. The molecule has 0 aromatic heterocycles. The molecule has 2 nitrogen and oxygen atoms in total. The van der Waals surface area contributed by atoms with E-state index < -0.39 is 0 Å². The highest BCUT2D eigenvalue weighted by Crippen LogP contribution is 2.20. The summed E-state index contributed by atoms with van der Waals surface area (Å²) in [5, 5.41) is 0. The molecule has 0 aliphatic carbocycles. The third-order valence-corrected chi connectivity index (χ3v) is 3.27. The van der Waals surface area contributed by atoms with E-state index in [2.05, 4.69) is 47.1 Å². The van der Waals surface area contributed by atoms with Crippen molar-refractivity contribution in [3.63, 3.8) is 0 Å². The molecule has 0 aliphatic rings. The summed E-state index contributed by atoms with van der Waals surface area (Å²) in [7, 11) is 4.02. The molecule has 0 atom stereocenters. The van der Waals surface area contributed by atoms with Gasteiger partial charge in [-0.05, 0) is 25.1 Å². The molecule has 0 bridgehead atoms. The van der Waals surface area contributed by atoms with Gasteiger partial charge < -0.3 is 4.90 Å². The van der Waals surface area contributed by atoms with E-state index in [0.717, 1.165) is 21.6 Å². The van der Waals surface area contributed by atoms with Gasteiger partial charge >= 0.3 is 0 Å². The minimum atomic E-state index is 0.943. The Morgan fingerprint density at radius 2 is 1.74 bits per heavy atom. The van der Waals surface area contributed by atoms with Gasteiger partial charge in [-0.3, -0.25) is 0 Å². The van der Waals surface area contributed by atoms with Gasteiger partial charge in [-0.15, -0.1) is 0 Å². The normalized spacial score (nSPS) is 11.5. The van der Waals surface area contributed by atoms with E-state index in [-0.39, 0.29) is 0 Å². The Balaban J connectivity index is 2.43. The second-order valence-corrected chi connectivity index (χ2v) is 5.59. The third-order valence-electron chi connectivity index (χ3n) is 2.78. The number of aliphatic imine (C=N–C) groups is 1. The number of hydrogen-bond donors (Lipinski definition) is 0. The van der Waals surface area contributed by atoms with Crippen LogP contribution in [0, 0.1) is 6.92 Å². The summed E-state index contributed by atoms with van der Waals surface area (Å²) in [6.45, 7) is 2.09. The zero-order valence-corrected chi connectivity index (χ0v) is 13.0. The zero-order valence-electron chi connectivity index (χ0n) is 11.4. The lowest BCUT2D eigenvalue weighted by Crippen LogP contribution is -2.22. The second-order valence-electron chi connectivity index (χ2n) is 4.68. The number of rotatable bonds is 2. The van der Waals surface area contributed by atoms with Crippen molar-refractivity contribution < 1.29 is 0 Å². The molecule has 0 N–H and O–H groups in total. The highest BCUT2D eigenvalue weighted by atomic mass is 79.9. The van der Waals surface area contributed by atoms with E-state index in [4.69, 9.17) is 4.99 Å². The minimum absolute atomic E-state index is 0.943. The van der Waals surface area contributed by atoms with Gasteiger partial charge in [0, 0.05) is 24.1 Å².